The van der Waals surface area contributed by atoms with Crippen LogP contribution in [0, 0.1) is 0 Å². The second-order valence-corrected chi connectivity index (χ2v) is 11.1. The molecule has 38 heavy (non-hydrogen) atoms. The number of fused-ring (bicyclic) bond motifs is 1. The maximum atomic E-state index is 10.00. The van der Waals surface area contributed by atoms with Gasteiger partial charge in [-0.2, -0.15) is 9.97 Å². The number of rotatable bonds is 14. The molecule has 4 heterocycles. The molecule has 0 aliphatic carbocycles. The van der Waals surface area contributed by atoms with Gasteiger partial charge in [0.15, 0.2) is 17.5 Å². The lowest BCUT2D eigenvalue weighted by molar-refractivity contribution is -0.301. The van der Waals surface area contributed by atoms with Crippen molar-refractivity contribution in [3.63, 3.8) is 0 Å². The number of hydrogen-bond acceptors (Lipinski definition) is 12. The van der Waals surface area contributed by atoms with Gasteiger partial charge in [-0.25, -0.2) is 4.98 Å². The highest BCUT2D eigenvalue weighted by Gasteiger charge is 2.43. The van der Waals surface area contributed by atoms with Crippen LogP contribution in [-0.4, -0.2) is 83.9 Å². The third kappa shape index (κ3) is 7.39. The van der Waals surface area contributed by atoms with Gasteiger partial charge < -0.3 is 44.9 Å². The van der Waals surface area contributed by atoms with E-state index in [1.165, 1.54) is 0 Å². The molecule has 12 nitrogen and oxygen atoms in total. The number of aliphatic hydroxyl groups excluding tert-OH is 4. The van der Waals surface area contributed by atoms with Crippen molar-refractivity contribution in [1.82, 2.24) is 19.5 Å². The molecule has 0 spiro atoms. The number of nitrogens with zero attached hydrogens (tertiary/aromatic N) is 4. The van der Waals surface area contributed by atoms with Crippen LogP contribution in [0.25, 0.3) is 11.2 Å². The molecule has 0 radical (unpaired) electrons. The predicted octanol–water partition coefficient (Wildman–Crippen LogP) is 1.97. The van der Waals surface area contributed by atoms with Crippen LogP contribution in [0.15, 0.2) is 22.2 Å². The largest absolute Gasteiger partial charge is 0.470 e. The molecule has 0 amide bonds. The summed E-state index contributed by atoms with van der Waals surface area (Å²) in [4.78, 5) is 14.1. The van der Waals surface area contributed by atoms with Crippen molar-refractivity contribution < 1.29 is 34.6 Å². The number of anilines is 1. The summed E-state index contributed by atoms with van der Waals surface area (Å²) < 4.78 is 19.7. The summed E-state index contributed by atoms with van der Waals surface area (Å²) in [6.45, 7) is 1.01. The van der Waals surface area contributed by atoms with Crippen LogP contribution in [0.5, 0.6) is 5.88 Å². The van der Waals surface area contributed by atoms with E-state index in [1.807, 2.05) is 16.0 Å². The lowest BCUT2D eigenvalue weighted by Gasteiger charge is -2.39. The Labute approximate surface area is 232 Å². The van der Waals surface area contributed by atoms with Crippen LogP contribution < -0.4 is 10.5 Å². The van der Waals surface area contributed by atoms with Crippen molar-refractivity contribution in [2.45, 2.75) is 82.4 Å². The van der Waals surface area contributed by atoms with E-state index in [9.17, 15) is 20.4 Å². The first-order valence-corrected chi connectivity index (χ1v) is 14.3. The van der Waals surface area contributed by atoms with Gasteiger partial charge in [0, 0.05) is 27.9 Å². The van der Waals surface area contributed by atoms with E-state index in [-0.39, 0.29) is 5.95 Å². The van der Waals surface area contributed by atoms with E-state index >= 15 is 0 Å². The smallest absolute Gasteiger partial charge is 0.247 e. The van der Waals surface area contributed by atoms with E-state index < -0.39 is 37.3 Å². The Bertz CT molecular complexity index is 1160. The van der Waals surface area contributed by atoms with Crippen LogP contribution >= 0.6 is 27.3 Å². The average Bonchev–Trinajstić information content (AvgIpc) is 3.51. The Balaban J connectivity index is 1.14. The summed E-state index contributed by atoms with van der Waals surface area (Å²) in [5.74, 6) is 0.522. The fourth-order valence-corrected chi connectivity index (χ4v) is 5.63. The molecule has 3 aromatic heterocycles. The van der Waals surface area contributed by atoms with Crippen molar-refractivity contribution in [1.29, 1.82) is 0 Å². The fourth-order valence-electron chi connectivity index (χ4n) is 4.26. The van der Waals surface area contributed by atoms with Gasteiger partial charge in [0.25, 0.3) is 0 Å². The number of unbranched alkanes of at least 4 members (excludes halogenated alkanes) is 5. The van der Waals surface area contributed by atoms with Crippen LogP contribution in [0.3, 0.4) is 0 Å². The number of hydrogen-bond donors (Lipinski definition) is 5. The lowest BCUT2D eigenvalue weighted by Crippen LogP contribution is -2.59. The summed E-state index contributed by atoms with van der Waals surface area (Å²) in [5, 5.41) is 40.9. The summed E-state index contributed by atoms with van der Waals surface area (Å²) in [5.41, 5.74) is 7.18. The zero-order chi connectivity index (χ0) is 27.1. The van der Waals surface area contributed by atoms with Gasteiger partial charge in [-0.1, -0.05) is 25.7 Å². The van der Waals surface area contributed by atoms with Crippen molar-refractivity contribution in [3.8, 4) is 5.88 Å². The van der Waals surface area contributed by atoms with Crippen molar-refractivity contribution in [2.24, 2.45) is 0 Å². The first kappa shape index (κ1) is 29.1. The predicted molar refractivity (Wildman–Crippen MR) is 144 cm³/mol. The van der Waals surface area contributed by atoms with Gasteiger partial charge in [-0.05, 0) is 34.8 Å². The minimum atomic E-state index is -1.42. The standard InChI is InChI=1S/C24H34BrN5O7S/c25-14-9-15(38-12-14)11-36-22-17-21(28-24(26)29-22)30(13-27-17)7-5-3-1-2-4-6-8-35-23-20(34)19(33)18(32)16(10-31)37-23/h9,12-13,16,18-20,23,31-34H,1-8,10-11H2,(H2,26,28,29)/t16-,18-,19+,20-,23+/m1/s1. The monoisotopic (exact) mass is 615 g/mol. The maximum absolute atomic E-state index is 10.00. The van der Waals surface area contributed by atoms with Crippen LogP contribution in [0.4, 0.5) is 5.95 Å². The Hall–Kier alpha value is -1.91. The first-order valence-electron chi connectivity index (χ1n) is 12.6. The molecule has 14 heteroatoms. The van der Waals surface area contributed by atoms with E-state index in [1.54, 1.807) is 17.7 Å². The number of imidazole rings is 1. The normalized spacial score (nSPS) is 23.8. The summed E-state index contributed by atoms with van der Waals surface area (Å²) in [6, 6.07) is 2.00. The highest BCUT2D eigenvalue weighted by atomic mass is 79.9. The second kappa shape index (κ2) is 13.9. The Morgan fingerprint density at radius 1 is 1.05 bits per heavy atom. The van der Waals surface area contributed by atoms with Crippen LogP contribution in [-0.2, 0) is 22.6 Å². The number of nitrogen functional groups attached to an aromatic ring is 1. The summed E-state index contributed by atoms with van der Waals surface area (Å²) >= 11 is 5.03. The number of aryl methyl sites for hydroxylation is 1. The minimum absolute atomic E-state index is 0.146. The highest BCUT2D eigenvalue weighted by Crippen LogP contribution is 2.26. The van der Waals surface area contributed by atoms with E-state index in [0.717, 1.165) is 54.4 Å². The molecule has 1 fully saturated rings. The molecule has 0 unspecified atom stereocenters. The number of ether oxygens (including phenoxy) is 3. The van der Waals surface area contributed by atoms with Gasteiger partial charge >= 0.3 is 0 Å². The molecule has 0 saturated carbocycles. The lowest BCUT2D eigenvalue weighted by atomic mass is 9.99. The number of aliphatic hydroxyl groups is 4. The molecule has 210 valence electrons. The summed E-state index contributed by atoms with van der Waals surface area (Å²) in [7, 11) is 0. The molecular weight excluding hydrogens is 582 g/mol. The molecule has 1 saturated heterocycles. The molecular formula is C24H34BrN5O7S. The first-order chi connectivity index (χ1) is 18.4. The van der Waals surface area contributed by atoms with Gasteiger partial charge in [0.1, 0.15) is 31.0 Å². The van der Waals surface area contributed by atoms with E-state index in [4.69, 9.17) is 19.9 Å². The second-order valence-electron chi connectivity index (χ2n) is 9.21. The molecule has 4 rings (SSSR count). The summed E-state index contributed by atoms with van der Waals surface area (Å²) in [6.07, 6.45) is 1.31. The molecule has 3 aromatic rings. The Morgan fingerprint density at radius 3 is 2.55 bits per heavy atom. The molecule has 0 aromatic carbocycles. The quantitative estimate of drug-likeness (QED) is 0.167. The maximum Gasteiger partial charge on any atom is 0.247 e. The topological polar surface area (TPSA) is 178 Å². The van der Waals surface area contributed by atoms with Gasteiger partial charge in [-0.15, -0.1) is 11.3 Å². The van der Waals surface area contributed by atoms with Gasteiger partial charge in [-0.3, -0.25) is 0 Å². The minimum Gasteiger partial charge on any atom is -0.470 e. The molecule has 1 aliphatic rings. The Kier molecular flexibility index (Phi) is 10.7. The SMILES string of the molecule is Nc1nc(OCc2cc(Br)cs2)c2ncn(CCCCCCCCO[C@H]3O[C@H](CO)[C@@H](O)[C@H](O)[C@H]3O)c2n1. The molecule has 6 N–H and O–H groups in total. The van der Waals surface area contributed by atoms with Gasteiger partial charge in [0.2, 0.25) is 11.8 Å². The van der Waals surface area contributed by atoms with E-state index in [0.29, 0.717) is 30.3 Å². The third-order valence-corrected chi connectivity index (χ3v) is 8.02. The van der Waals surface area contributed by atoms with Crippen molar-refractivity contribution in [2.75, 3.05) is 18.9 Å². The molecule has 0 bridgehead atoms. The number of aromatic nitrogens is 4. The van der Waals surface area contributed by atoms with Crippen molar-refractivity contribution >= 4 is 44.4 Å². The molecule has 1 aliphatic heterocycles. The Morgan fingerprint density at radius 2 is 1.82 bits per heavy atom. The van der Waals surface area contributed by atoms with Crippen LogP contribution in [0.1, 0.15) is 43.4 Å². The van der Waals surface area contributed by atoms with Gasteiger partial charge in [0.05, 0.1) is 12.9 Å². The molecule has 5 atom stereocenters. The van der Waals surface area contributed by atoms with Crippen LogP contribution in [0.2, 0.25) is 0 Å². The number of nitrogens with two attached hydrogens (primary N) is 1. The number of halogens is 1. The third-order valence-electron chi connectivity index (χ3n) is 6.35. The van der Waals surface area contributed by atoms with E-state index in [2.05, 4.69) is 30.9 Å². The highest BCUT2D eigenvalue weighted by molar-refractivity contribution is 9.10. The van der Waals surface area contributed by atoms with Crippen molar-refractivity contribution in [3.05, 3.63) is 27.1 Å². The zero-order valence-corrected chi connectivity index (χ0v) is 23.3. The zero-order valence-electron chi connectivity index (χ0n) is 20.9. The number of thiophene rings is 1. The fraction of sp³-hybridized carbons (Fsp3) is 0.625. The average molecular weight is 617 g/mol.